The highest BCUT2D eigenvalue weighted by atomic mass is 19.4. The summed E-state index contributed by atoms with van der Waals surface area (Å²) in [5.74, 6) is 0. The first kappa shape index (κ1) is 30.2. The van der Waals surface area contributed by atoms with Crippen molar-refractivity contribution < 1.29 is 40.6 Å². The van der Waals surface area contributed by atoms with Crippen LogP contribution < -0.4 is 0 Å². The Balaban J connectivity index is 1.57. The molecule has 0 spiro atoms. The fourth-order valence-corrected chi connectivity index (χ4v) is 5.45. The van der Waals surface area contributed by atoms with E-state index in [2.05, 4.69) is 4.90 Å². The predicted molar refractivity (Wildman–Crippen MR) is 137 cm³/mol. The number of amides is 1. The zero-order valence-corrected chi connectivity index (χ0v) is 23.0. The van der Waals surface area contributed by atoms with Gasteiger partial charge in [0, 0.05) is 26.2 Å². The van der Waals surface area contributed by atoms with Crippen molar-refractivity contribution in [1.29, 1.82) is 0 Å². The normalized spacial score (nSPS) is 21.3. The molecule has 1 aliphatic carbocycles. The molecular weight excluding hydrogens is 538 g/mol. The summed E-state index contributed by atoms with van der Waals surface area (Å²) in [6.45, 7) is 8.76. The molecule has 40 heavy (non-hydrogen) atoms. The number of hydrogen-bond acceptors (Lipinski definition) is 4. The second-order valence-electron chi connectivity index (χ2n) is 11.4. The zero-order valence-electron chi connectivity index (χ0n) is 23.0. The number of hydrogen-bond donors (Lipinski definition) is 0. The molecule has 0 aromatic heterocycles. The number of alkyl halides is 6. The fraction of sp³-hybridized carbons (Fsp3) is 0.552. The second-order valence-corrected chi connectivity index (χ2v) is 11.4. The molecule has 0 N–H and O–H groups in total. The largest absolute Gasteiger partial charge is 0.444 e. The van der Waals surface area contributed by atoms with Gasteiger partial charge in [-0.25, -0.2) is 4.79 Å². The third kappa shape index (κ3) is 6.57. The number of rotatable bonds is 5. The average Bonchev–Trinajstić information content (AvgIpc) is 3.25. The molecule has 1 fully saturated rings. The number of carbonyl (C=O) groups excluding carboxylic acids is 1. The van der Waals surface area contributed by atoms with Crippen LogP contribution in [0.3, 0.4) is 0 Å². The number of carbonyl (C=O) groups is 1. The molecule has 11 heteroatoms. The molecule has 2 aromatic rings. The summed E-state index contributed by atoms with van der Waals surface area (Å²) < 4.78 is 92.2. The van der Waals surface area contributed by atoms with Gasteiger partial charge in [-0.15, -0.1) is 0 Å². The van der Waals surface area contributed by atoms with Crippen LogP contribution in [0.4, 0.5) is 31.1 Å². The summed E-state index contributed by atoms with van der Waals surface area (Å²) >= 11 is 0. The molecule has 5 nitrogen and oxygen atoms in total. The van der Waals surface area contributed by atoms with E-state index in [0.29, 0.717) is 32.6 Å². The van der Waals surface area contributed by atoms with E-state index in [9.17, 15) is 31.1 Å². The van der Waals surface area contributed by atoms with Gasteiger partial charge in [0.05, 0.1) is 29.4 Å². The molecule has 0 saturated carbocycles. The van der Waals surface area contributed by atoms with Crippen LogP contribution in [0.1, 0.15) is 68.0 Å². The molecule has 0 bridgehead atoms. The highest BCUT2D eigenvalue weighted by Crippen LogP contribution is 2.44. The standard InChI is InChI=1S/C29H34F6N2O3/c1-19(21-15-22(28(30,31)32)17-23(16-21)29(33,34)35)39-18-27(10-9-20-7-5-6-8-24(20)27)37-13-11-36(12-14-37)25(38)40-26(2,3)4/h5-8,15-17,19H,9-14,18H2,1-4H3/t19?,27-/m0/s1. The third-order valence-corrected chi connectivity index (χ3v) is 7.51. The predicted octanol–water partition coefficient (Wildman–Crippen LogP) is 7.20. The van der Waals surface area contributed by atoms with Crippen LogP contribution in [-0.4, -0.2) is 54.3 Å². The summed E-state index contributed by atoms with van der Waals surface area (Å²) in [6.07, 6.45) is -9.88. The number of ether oxygens (including phenoxy) is 2. The Morgan fingerprint density at radius 1 is 0.925 bits per heavy atom. The van der Waals surface area contributed by atoms with Crippen LogP contribution >= 0.6 is 0 Å². The molecule has 1 saturated heterocycles. The fourth-order valence-electron chi connectivity index (χ4n) is 5.45. The maximum absolute atomic E-state index is 13.4. The average molecular weight is 573 g/mol. The summed E-state index contributed by atoms with van der Waals surface area (Å²) in [4.78, 5) is 16.4. The van der Waals surface area contributed by atoms with E-state index >= 15 is 0 Å². The highest BCUT2D eigenvalue weighted by Gasteiger charge is 2.46. The number of piperazine rings is 1. The van der Waals surface area contributed by atoms with Gasteiger partial charge in [0.15, 0.2) is 0 Å². The first-order valence-electron chi connectivity index (χ1n) is 13.2. The Morgan fingerprint density at radius 2 is 1.50 bits per heavy atom. The van der Waals surface area contributed by atoms with Crippen molar-refractivity contribution in [1.82, 2.24) is 9.80 Å². The smallest absolute Gasteiger partial charge is 0.416 e. The zero-order chi connectivity index (χ0) is 29.5. The Labute approximate surface area is 230 Å². The Hall–Kier alpha value is -2.79. The Kier molecular flexibility index (Phi) is 8.21. The summed E-state index contributed by atoms with van der Waals surface area (Å²) in [5, 5.41) is 0. The lowest BCUT2D eigenvalue weighted by molar-refractivity contribution is -0.143. The minimum Gasteiger partial charge on any atom is -0.444 e. The topological polar surface area (TPSA) is 42.0 Å². The molecule has 2 aliphatic rings. The molecule has 220 valence electrons. The Morgan fingerprint density at radius 3 is 2.05 bits per heavy atom. The van der Waals surface area contributed by atoms with Crippen LogP contribution in [0, 0.1) is 0 Å². The van der Waals surface area contributed by atoms with Crippen LogP contribution in [0.25, 0.3) is 0 Å². The molecule has 1 amide bonds. The summed E-state index contributed by atoms with van der Waals surface area (Å²) in [6, 6.07) is 9.39. The van der Waals surface area contributed by atoms with Gasteiger partial charge in [-0.1, -0.05) is 24.3 Å². The van der Waals surface area contributed by atoms with E-state index in [1.54, 1.807) is 25.7 Å². The van der Waals surface area contributed by atoms with Crippen LogP contribution in [0.2, 0.25) is 0 Å². The highest BCUT2D eigenvalue weighted by molar-refractivity contribution is 5.68. The number of benzene rings is 2. The monoisotopic (exact) mass is 572 g/mol. The molecule has 2 atom stereocenters. The summed E-state index contributed by atoms with van der Waals surface area (Å²) in [7, 11) is 0. The van der Waals surface area contributed by atoms with Crippen LogP contribution in [0.15, 0.2) is 42.5 Å². The van der Waals surface area contributed by atoms with Gasteiger partial charge < -0.3 is 14.4 Å². The molecule has 2 aromatic carbocycles. The lowest BCUT2D eigenvalue weighted by Gasteiger charge is -2.46. The van der Waals surface area contributed by atoms with Gasteiger partial charge >= 0.3 is 18.4 Å². The molecule has 4 rings (SSSR count). The minimum absolute atomic E-state index is 0.0647. The molecule has 0 radical (unpaired) electrons. The number of aryl methyl sites for hydroxylation is 1. The van der Waals surface area contributed by atoms with E-state index in [1.807, 2.05) is 24.3 Å². The first-order chi connectivity index (χ1) is 18.5. The molecule has 1 heterocycles. The van der Waals surface area contributed by atoms with Crippen LogP contribution in [0.5, 0.6) is 0 Å². The van der Waals surface area contributed by atoms with Gasteiger partial charge in [-0.3, -0.25) is 4.90 Å². The van der Waals surface area contributed by atoms with E-state index in [0.717, 1.165) is 29.7 Å². The quantitative estimate of drug-likeness (QED) is 0.356. The van der Waals surface area contributed by atoms with Crippen molar-refractivity contribution >= 4 is 6.09 Å². The van der Waals surface area contributed by atoms with E-state index in [-0.39, 0.29) is 18.2 Å². The van der Waals surface area contributed by atoms with Crippen molar-refractivity contribution in [2.24, 2.45) is 0 Å². The molecule has 1 aliphatic heterocycles. The maximum atomic E-state index is 13.4. The van der Waals surface area contributed by atoms with Crippen LogP contribution in [-0.2, 0) is 33.8 Å². The van der Waals surface area contributed by atoms with Gasteiger partial charge in [0.1, 0.15) is 5.60 Å². The maximum Gasteiger partial charge on any atom is 0.416 e. The lowest BCUT2D eigenvalue weighted by Crippen LogP contribution is -2.58. The van der Waals surface area contributed by atoms with Crippen molar-refractivity contribution in [3.8, 4) is 0 Å². The Bertz CT molecular complexity index is 1180. The van der Waals surface area contributed by atoms with E-state index < -0.39 is 46.8 Å². The number of halogens is 6. The number of nitrogens with zero attached hydrogens (tertiary/aromatic N) is 2. The van der Waals surface area contributed by atoms with Gasteiger partial charge in [0.2, 0.25) is 0 Å². The van der Waals surface area contributed by atoms with Gasteiger partial charge in [0.25, 0.3) is 0 Å². The summed E-state index contributed by atoms with van der Waals surface area (Å²) in [5.41, 5.74) is -2.06. The first-order valence-corrected chi connectivity index (χ1v) is 13.2. The van der Waals surface area contributed by atoms with Crippen molar-refractivity contribution in [3.63, 3.8) is 0 Å². The second kappa shape index (κ2) is 10.9. The van der Waals surface area contributed by atoms with E-state index in [1.165, 1.54) is 6.92 Å². The van der Waals surface area contributed by atoms with Crippen molar-refractivity contribution in [2.45, 2.75) is 70.1 Å². The lowest BCUT2D eigenvalue weighted by atomic mass is 9.89. The molecule has 1 unspecified atom stereocenters. The molecular formula is C29H34F6N2O3. The third-order valence-electron chi connectivity index (χ3n) is 7.51. The van der Waals surface area contributed by atoms with Crippen molar-refractivity contribution in [2.75, 3.05) is 32.8 Å². The van der Waals surface area contributed by atoms with E-state index in [4.69, 9.17) is 9.47 Å². The number of fused-ring (bicyclic) bond motifs is 1. The van der Waals surface area contributed by atoms with Gasteiger partial charge in [-0.2, -0.15) is 26.3 Å². The minimum atomic E-state index is -4.94. The van der Waals surface area contributed by atoms with Gasteiger partial charge in [-0.05, 0) is 75.4 Å². The van der Waals surface area contributed by atoms with Crippen molar-refractivity contribution in [3.05, 3.63) is 70.3 Å². The SMILES string of the molecule is CC(OC[C@@]1(N2CCN(C(=O)OC(C)(C)C)CC2)CCc2ccccc21)c1cc(C(F)(F)F)cc(C(F)(F)F)c1.